The summed E-state index contributed by atoms with van der Waals surface area (Å²) in [5, 5.41) is 9.56. The standard InChI is InChI=1S/C14H19N3S2/c1-14(2,3)11-7-5-10(6-8-11)9-19-13-16-15-12(18)17(13)4/h5-8H,9H2,1-4H3,(H,15,18). The average Bonchev–Trinajstić information content (AvgIpc) is 2.67. The summed E-state index contributed by atoms with van der Waals surface area (Å²) in [6, 6.07) is 8.78. The first-order valence-electron chi connectivity index (χ1n) is 6.18. The van der Waals surface area contributed by atoms with Crippen LogP contribution in [0.15, 0.2) is 34.6 Å². The number of aromatic nitrogens is 3. The van der Waals surface area contributed by atoms with Gasteiger partial charge in [-0.15, -0.1) is 22.8 Å². The van der Waals surface area contributed by atoms with Gasteiger partial charge in [0.25, 0.3) is 0 Å². The van der Waals surface area contributed by atoms with Crippen molar-refractivity contribution in [1.82, 2.24) is 14.8 Å². The molecular weight excluding hydrogens is 274 g/mol. The SMILES string of the molecule is Cn1c(S)nnc1SCc1ccc(C(C)(C)C)cc1. The quantitative estimate of drug-likeness (QED) is 0.691. The summed E-state index contributed by atoms with van der Waals surface area (Å²) < 4.78 is 1.89. The minimum absolute atomic E-state index is 0.205. The summed E-state index contributed by atoms with van der Waals surface area (Å²) in [6.07, 6.45) is 0. The normalized spacial score (nSPS) is 11.8. The lowest BCUT2D eigenvalue weighted by Crippen LogP contribution is -2.10. The van der Waals surface area contributed by atoms with Crippen LogP contribution in [0.1, 0.15) is 31.9 Å². The van der Waals surface area contributed by atoms with Gasteiger partial charge in [-0.25, -0.2) is 0 Å². The Kier molecular flexibility index (Phi) is 4.26. The lowest BCUT2D eigenvalue weighted by Gasteiger charge is -2.19. The number of hydrogen-bond acceptors (Lipinski definition) is 4. The van der Waals surface area contributed by atoms with E-state index < -0.39 is 0 Å². The van der Waals surface area contributed by atoms with Crippen LogP contribution < -0.4 is 0 Å². The molecule has 1 aromatic heterocycles. The monoisotopic (exact) mass is 293 g/mol. The smallest absolute Gasteiger partial charge is 0.191 e. The van der Waals surface area contributed by atoms with Gasteiger partial charge in [-0.2, -0.15) is 0 Å². The zero-order chi connectivity index (χ0) is 14.0. The molecule has 2 rings (SSSR count). The second-order valence-electron chi connectivity index (χ2n) is 5.58. The van der Waals surface area contributed by atoms with E-state index in [0.29, 0.717) is 5.16 Å². The lowest BCUT2D eigenvalue weighted by molar-refractivity contribution is 0.590. The highest BCUT2D eigenvalue weighted by atomic mass is 32.2. The second kappa shape index (κ2) is 5.59. The number of thiol groups is 1. The van der Waals surface area contributed by atoms with Crippen molar-refractivity contribution in [3.05, 3.63) is 35.4 Å². The maximum absolute atomic E-state index is 4.22. The summed E-state index contributed by atoms with van der Waals surface area (Å²) in [7, 11) is 1.92. The lowest BCUT2D eigenvalue weighted by atomic mass is 9.87. The molecule has 19 heavy (non-hydrogen) atoms. The fraction of sp³-hybridized carbons (Fsp3) is 0.429. The Morgan fingerprint density at radius 1 is 1.16 bits per heavy atom. The van der Waals surface area contributed by atoms with Gasteiger partial charge in [-0.05, 0) is 16.5 Å². The predicted octanol–water partition coefficient (Wildman–Crippen LogP) is 3.69. The molecule has 0 aliphatic heterocycles. The molecule has 102 valence electrons. The van der Waals surface area contributed by atoms with Gasteiger partial charge in [-0.1, -0.05) is 56.8 Å². The number of benzene rings is 1. The average molecular weight is 293 g/mol. The molecule has 0 spiro atoms. The molecule has 0 saturated heterocycles. The van der Waals surface area contributed by atoms with E-state index in [1.165, 1.54) is 11.1 Å². The molecule has 0 fully saturated rings. The Morgan fingerprint density at radius 2 is 1.79 bits per heavy atom. The molecule has 0 aliphatic carbocycles. The van der Waals surface area contributed by atoms with Crippen molar-refractivity contribution in [2.45, 2.75) is 42.3 Å². The molecule has 0 unspecified atom stereocenters. The van der Waals surface area contributed by atoms with E-state index in [0.717, 1.165) is 10.9 Å². The van der Waals surface area contributed by atoms with Crippen molar-refractivity contribution in [2.24, 2.45) is 7.05 Å². The van der Waals surface area contributed by atoms with Crippen LogP contribution in [0.5, 0.6) is 0 Å². The van der Waals surface area contributed by atoms with Crippen molar-refractivity contribution in [2.75, 3.05) is 0 Å². The van der Waals surface area contributed by atoms with E-state index in [-0.39, 0.29) is 5.41 Å². The van der Waals surface area contributed by atoms with E-state index in [1.807, 2.05) is 11.6 Å². The molecule has 1 heterocycles. The van der Waals surface area contributed by atoms with E-state index >= 15 is 0 Å². The summed E-state index contributed by atoms with van der Waals surface area (Å²) in [5.74, 6) is 0.893. The molecule has 0 saturated carbocycles. The Hall–Kier alpha value is -0.940. The molecule has 0 bridgehead atoms. The fourth-order valence-corrected chi connectivity index (χ4v) is 2.76. The number of thioether (sulfide) groups is 1. The van der Waals surface area contributed by atoms with Crippen LogP contribution in [-0.2, 0) is 18.2 Å². The van der Waals surface area contributed by atoms with E-state index in [2.05, 4.69) is 67.9 Å². The molecule has 5 heteroatoms. The highest BCUT2D eigenvalue weighted by molar-refractivity contribution is 7.98. The van der Waals surface area contributed by atoms with E-state index in [1.54, 1.807) is 11.8 Å². The van der Waals surface area contributed by atoms with Crippen LogP contribution >= 0.6 is 24.4 Å². The van der Waals surface area contributed by atoms with Gasteiger partial charge >= 0.3 is 0 Å². The molecule has 2 aromatic rings. The van der Waals surface area contributed by atoms with Gasteiger partial charge in [0.05, 0.1) is 0 Å². The van der Waals surface area contributed by atoms with Gasteiger partial charge in [0.15, 0.2) is 10.3 Å². The first kappa shape index (κ1) is 14.5. The fourth-order valence-electron chi connectivity index (χ4n) is 1.68. The van der Waals surface area contributed by atoms with Crippen LogP contribution in [-0.4, -0.2) is 14.8 Å². The van der Waals surface area contributed by atoms with Gasteiger partial charge in [0, 0.05) is 12.8 Å². The minimum Gasteiger partial charge on any atom is -0.300 e. The number of rotatable bonds is 3. The van der Waals surface area contributed by atoms with Crippen LogP contribution in [0.3, 0.4) is 0 Å². The molecule has 3 nitrogen and oxygen atoms in total. The largest absolute Gasteiger partial charge is 0.300 e. The van der Waals surface area contributed by atoms with Crippen molar-refractivity contribution in [3.8, 4) is 0 Å². The van der Waals surface area contributed by atoms with Gasteiger partial charge < -0.3 is 4.57 Å². The molecule has 1 aromatic carbocycles. The molecule has 0 atom stereocenters. The van der Waals surface area contributed by atoms with E-state index in [4.69, 9.17) is 0 Å². The second-order valence-corrected chi connectivity index (χ2v) is 6.92. The Bertz CT molecular complexity index is 553. The first-order valence-corrected chi connectivity index (χ1v) is 7.62. The molecule has 0 radical (unpaired) electrons. The molecule has 0 N–H and O–H groups in total. The zero-order valence-electron chi connectivity index (χ0n) is 11.7. The summed E-state index contributed by atoms with van der Waals surface area (Å²) >= 11 is 5.89. The first-order chi connectivity index (χ1) is 8.88. The van der Waals surface area contributed by atoms with Crippen molar-refractivity contribution in [3.63, 3.8) is 0 Å². The third kappa shape index (κ3) is 3.54. The highest BCUT2D eigenvalue weighted by Gasteiger charge is 2.13. The molecule has 0 amide bonds. The van der Waals surface area contributed by atoms with Crippen LogP contribution in [0, 0.1) is 0 Å². The Balaban J connectivity index is 2.03. The summed E-state index contributed by atoms with van der Waals surface area (Å²) in [6.45, 7) is 6.68. The van der Waals surface area contributed by atoms with Crippen molar-refractivity contribution >= 4 is 24.4 Å². The predicted molar refractivity (Wildman–Crippen MR) is 83.0 cm³/mol. The zero-order valence-corrected chi connectivity index (χ0v) is 13.4. The number of hydrogen-bond donors (Lipinski definition) is 1. The third-order valence-electron chi connectivity index (χ3n) is 3.00. The third-order valence-corrected chi connectivity index (χ3v) is 4.48. The molecular formula is C14H19N3S2. The van der Waals surface area contributed by atoms with Crippen LogP contribution in [0.2, 0.25) is 0 Å². The topological polar surface area (TPSA) is 30.7 Å². The van der Waals surface area contributed by atoms with Gasteiger partial charge in [0.1, 0.15) is 0 Å². The van der Waals surface area contributed by atoms with Crippen molar-refractivity contribution in [1.29, 1.82) is 0 Å². The maximum Gasteiger partial charge on any atom is 0.191 e. The maximum atomic E-state index is 4.22. The van der Waals surface area contributed by atoms with E-state index in [9.17, 15) is 0 Å². The van der Waals surface area contributed by atoms with Crippen molar-refractivity contribution < 1.29 is 0 Å². The number of nitrogens with zero attached hydrogens (tertiary/aromatic N) is 3. The van der Waals surface area contributed by atoms with Crippen LogP contribution in [0.25, 0.3) is 0 Å². The summed E-state index contributed by atoms with van der Waals surface area (Å²) in [5.41, 5.74) is 2.86. The molecule has 0 aliphatic rings. The van der Waals surface area contributed by atoms with Gasteiger partial charge in [0.2, 0.25) is 0 Å². The Morgan fingerprint density at radius 3 is 2.26 bits per heavy atom. The summed E-state index contributed by atoms with van der Waals surface area (Å²) in [4.78, 5) is 0. The minimum atomic E-state index is 0.205. The van der Waals surface area contributed by atoms with Gasteiger partial charge in [-0.3, -0.25) is 0 Å². The van der Waals surface area contributed by atoms with Crippen LogP contribution in [0.4, 0.5) is 0 Å². The highest BCUT2D eigenvalue weighted by Crippen LogP contribution is 2.25. The Labute approximate surface area is 124 Å².